The molecular formula is C13H18ClNO2. The summed E-state index contributed by atoms with van der Waals surface area (Å²) in [7, 11) is 1.65. The molecule has 2 N–H and O–H groups in total. The van der Waals surface area contributed by atoms with Gasteiger partial charge in [0.05, 0.1) is 13.7 Å². The minimum Gasteiger partial charge on any atom is -0.496 e. The maximum absolute atomic E-state index is 9.38. The maximum atomic E-state index is 9.38. The van der Waals surface area contributed by atoms with Crippen molar-refractivity contribution >= 4 is 11.6 Å². The molecule has 0 atom stereocenters. The lowest BCUT2D eigenvalue weighted by Crippen LogP contribution is -2.53. The first-order chi connectivity index (χ1) is 8.19. The van der Waals surface area contributed by atoms with E-state index in [1.165, 1.54) is 6.42 Å². The SMILES string of the molecule is COc1ccc(Cl)cc1CNC1(CO)CCC1. The second-order valence-electron chi connectivity index (χ2n) is 4.60. The summed E-state index contributed by atoms with van der Waals surface area (Å²) in [6, 6.07) is 5.58. The Morgan fingerprint density at radius 2 is 2.24 bits per heavy atom. The second kappa shape index (κ2) is 5.25. The highest BCUT2D eigenvalue weighted by atomic mass is 35.5. The molecule has 0 aliphatic heterocycles. The first-order valence-corrected chi connectivity index (χ1v) is 6.25. The summed E-state index contributed by atoms with van der Waals surface area (Å²) < 4.78 is 5.29. The zero-order valence-corrected chi connectivity index (χ0v) is 10.8. The predicted molar refractivity (Wildman–Crippen MR) is 68.5 cm³/mol. The van der Waals surface area contributed by atoms with Gasteiger partial charge in [-0.3, -0.25) is 0 Å². The minimum absolute atomic E-state index is 0.0900. The van der Waals surface area contributed by atoms with Crippen LogP contribution in [-0.4, -0.2) is 24.4 Å². The third kappa shape index (κ3) is 2.73. The number of hydrogen-bond donors (Lipinski definition) is 2. The number of methoxy groups -OCH3 is 1. The summed E-state index contributed by atoms with van der Waals surface area (Å²) in [5, 5.41) is 13.5. The van der Waals surface area contributed by atoms with Crippen LogP contribution in [0, 0.1) is 0 Å². The zero-order chi connectivity index (χ0) is 12.3. The van der Waals surface area contributed by atoms with E-state index < -0.39 is 0 Å². The van der Waals surface area contributed by atoms with Crippen molar-refractivity contribution in [2.24, 2.45) is 0 Å². The van der Waals surface area contributed by atoms with Crippen LogP contribution < -0.4 is 10.1 Å². The molecule has 17 heavy (non-hydrogen) atoms. The Morgan fingerprint density at radius 3 is 2.76 bits per heavy atom. The monoisotopic (exact) mass is 255 g/mol. The van der Waals surface area contributed by atoms with Gasteiger partial charge in [-0.25, -0.2) is 0 Å². The highest BCUT2D eigenvalue weighted by Crippen LogP contribution is 2.32. The van der Waals surface area contributed by atoms with Crippen molar-refractivity contribution < 1.29 is 9.84 Å². The van der Waals surface area contributed by atoms with Crippen LogP contribution in [0.2, 0.25) is 5.02 Å². The van der Waals surface area contributed by atoms with Gasteiger partial charge in [0.15, 0.2) is 0 Å². The normalized spacial score (nSPS) is 17.6. The average Bonchev–Trinajstić information content (AvgIpc) is 2.28. The summed E-state index contributed by atoms with van der Waals surface area (Å²) in [5.74, 6) is 0.828. The Labute approximate surface area is 107 Å². The van der Waals surface area contributed by atoms with E-state index in [9.17, 15) is 5.11 Å². The van der Waals surface area contributed by atoms with E-state index in [1.807, 2.05) is 18.2 Å². The number of halogens is 1. The number of benzene rings is 1. The molecule has 1 aromatic rings. The molecule has 0 heterocycles. The molecule has 1 saturated carbocycles. The molecule has 0 amide bonds. The molecule has 3 nitrogen and oxygen atoms in total. The van der Waals surface area contributed by atoms with Crippen LogP contribution in [0.15, 0.2) is 18.2 Å². The molecule has 0 radical (unpaired) electrons. The highest BCUT2D eigenvalue weighted by Gasteiger charge is 2.35. The van der Waals surface area contributed by atoms with Crippen LogP contribution >= 0.6 is 11.6 Å². The minimum atomic E-state index is -0.0900. The van der Waals surface area contributed by atoms with Crippen LogP contribution in [0.25, 0.3) is 0 Å². The van der Waals surface area contributed by atoms with Gasteiger partial charge in [0, 0.05) is 22.7 Å². The summed E-state index contributed by atoms with van der Waals surface area (Å²) in [5.41, 5.74) is 0.938. The van der Waals surface area contributed by atoms with Gasteiger partial charge in [-0.1, -0.05) is 11.6 Å². The molecule has 0 unspecified atom stereocenters. The molecule has 1 aliphatic carbocycles. The summed E-state index contributed by atoms with van der Waals surface area (Å²) in [4.78, 5) is 0. The van der Waals surface area contributed by atoms with Crippen LogP contribution in [-0.2, 0) is 6.54 Å². The first-order valence-electron chi connectivity index (χ1n) is 5.87. The molecule has 1 fully saturated rings. The Kier molecular flexibility index (Phi) is 3.92. The lowest BCUT2D eigenvalue weighted by molar-refractivity contribution is 0.0870. The number of rotatable bonds is 5. The molecular weight excluding hydrogens is 238 g/mol. The maximum Gasteiger partial charge on any atom is 0.123 e. The quantitative estimate of drug-likeness (QED) is 0.849. The van der Waals surface area contributed by atoms with Crippen molar-refractivity contribution in [3.63, 3.8) is 0 Å². The van der Waals surface area contributed by atoms with Gasteiger partial charge >= 0.3 is 0 Å². The highest BCUT2D eigenvalue weighted by molar-refractivity contribution is 6.30. The van der Waals surface area contributed by atoms with Crippen molar-refractivity contribution in [1.82, 2.24) is 5.32 Å². The molecule has 0 aromatic heterocycles. The Hall–Kier alpha value is -0.770. The van der Waals surface area contributed by atoms with E-state index in [1.54, 1.807) is 7.11 Å². The Morgan fingerprint density at radius 1 is 1.47 bits per heavy atom. The Balaban J connectivity index is 2.05. The average molecular weight is 256 g/mol. The molecule has 0 saturated heterocycles. The van der Waals surface area contributed by atoms with Crippen molar-refractivity contribution in [3.8, 4) is 5.75 Å². The van der Waals surface area contributed by atoms with Crippen LogP contribution in [0.4, 0.5) is 0 Å². The van der Waals surface area contributed by atoms with Crippen LogP contribution in [0.3, 0.4) is 0 Å². The van der Waals surface area contributed by atoms with Crippen LogP contribution in [0.1, 0.15) is 24.8 Å². The van der Waals surface area contributed by atoms with Gasteiger partial charge in [-0.05, 0) is 37.5 Å². The van der Waals surface area contributed by atoms with E-state index in [4.69, 9.17) is 16.3 Å². The summed E-state index contributed by atoms with van der Waals surface area (Å²) in [6.45, 7) is 0.861. The summed E-state index contributed by atoms with van der Waals surface area (Å²) >= 11 is 5.97. The van der Waals surface area contributed by atoms with E-state index in [-0.39, 0.29) is 12.1 Å². The lowest BCUT2D eigenvalue weighted by atomic mass is 9.77. The molecule has 0 bridgehead atoms. The number of aliphatic hydroxyl groups excluding tert-OH is 1. The van der Waals surface area contributed by atoms with Crippen molar-refractivity contribution in [2.45, 2.75) is 31.3 Å². The topological polar surface area (TPSA) is 41.5 Å². The number of hydrogen-bond acceptors (Lipinski definition) is 3. The van der Waals surface area contributed by atoms with Crippen LogP contribution in [0.5, 0.6) is 5.75 Å². The molecule has 1 aliphatic rings. The van der Waals surface area contributed by atoms with Crippen molar-refractivity contribution in [3.05, 3.63) is 28.8 Å². The van der Waals surface area contributed by atoms with E-state index in [2.05, 4.69) is 5.32 Å². The molecule has 2 rings (SSSR count). The van der Waals surface area contributed by atoms with Gasteiger partial charge in [0.2, 0.25) is 0 Å². The van der Waals surface area contributed by atoms with Gasteiger partial charge < -0.3 is 15.2 Å². The number of nitrogens with one attached hydrogen (secondary N) is 1. The van der Waals surface area contributed by atoms with E-state index in [0.29, 0.717) is 11.6 Å². The fourth-order valence-electron chi connectivity index (χ4n) is 2.16. The number of aliphatic hydroxyl groups is 1. The molecule has 0 spiro atoms. The van der Waals surface area contributed by atoms with Gasteiger partial charge in [-0.15, -0.1) is 0 Å². The summed E-state index contributed by atoms with van der Waals surface area (Å²) in [6.07, 6.45) is 3.25. The predicted octanol–water partition coefficient (Wildman–Crippen LogP) is 2.35. The molecule has 4 heteroatoms. The van der Waals surface area contributed by atoms with Gasteiger partial charge in [0.25, 0.3) is 0 Å². The fourth-order valence-corrected chi connectivity index (χ4v) is 2.36. The third-order valence-electron chi connectivity index (χ3n) is 3.51. The Bertz CT molecular complexity index is 385. The largest absolute Gasteiger partial charge is 0.496 e. The fraction of sp³-hybridized carbons (Fsp3) is 0.538. The molecule has 1 aromatic carbocycles. The zero-order valence-electron chi connectivity index (χ0n) is 10.0. The first kappa shape index (κ1) is 12.7. The smallest absolute Gasteiger partial charge is 0.123 e. The van der Waals surface area contributed by atoms with Gasteiger partial charge in [-0.2, -0.15) is 0 Å². The third-order valence-corrected chi connectivity index (χ3v) is 3.74. The van der Waals surface area contributed by atoms with E-state index >= 15 is 0 Å². The molecule has 94 valence electrons. The van der Waals surface area contributed by atoms with Gasteiger partial charge in [0.1, 0.15) is 5.75 Å². The standard InChI is InChI=1S/C13H18ClNO2/c1-17-12-4-3-11(14)7-10(12)8-15-13(9-16)5-2-6-13/h3-4,7,15-16H,2,5-6,8-9H2,1H3. The van der Waals surface area contributed by atoms with Crippen molar-refractivity contribution in [2.75, 3.05) is 13.7 Å². The van der Waals surface area contributed by atoms with Crippen molar-refractivity contribution in [1.29, 1.82) is 0 Å². The van der Waals surface area contributed by atoms with E-state index in [0.717, 1.165) is 24.2 Å². The second-order valence-corrected chi connectivity index (χ2v) is 5.04. The lowest BCUT2D eigenvalue weighted by Gasteiger charge is -2.41. The number of ether oxygens (including phenoxy) is 1.